The molecule has 0 saturated carbocycles. The van der Waals surface area contributed by atoms with E-state index in [0.717, 1.165) is 6.42 Å². The van der Waals surface area contributed by atoms with E-state index in [1.165, 1.54) is 32.9 Å². The summed E-state index contributed by atoms with van der Waals surface area (Å²) in [6, 6.07) is 5.32. The Morgan fingerprint density at radius 2 is 1.61 bits per heavy atom. The number of hydrogen-bond donors (Lipinski definition) is 1. The van der Waals surface area contributed by atoms with Gasteiger partial charge in [-0.25, -0.2) is 0 Å². The summed E-state index contributed by atoms with van der Waals surface area (Å²) >= 11 is 0. The number of nitrogens with zero attached hydrogens (tertiary/aromatic N) is 4. The molecule has 2 saturated heterocycles. The van der Waals surface area contributed by atoms with Gasteiger partial charge in [-0.1, -0.05) is 13.0 Å². The van der Waals surface area contributed by atoms with E-state index >= 15 is 0 Å². The van der Waals surface area contributed by atoms with Crippen molar-refractivity contribution in [2.45, 2.75) is 101 Å². The van der Waals surface area contributed by atoms with Gasteiger partial charge in [0.1, 0.15) is 0 Å². The normalized spacial score (nSPS) is 28.6. The van der Waals surface area contributed by atoms with Crippen molar-refractivity contribution < 1.29 is 52.5 Å². The van der Waals surface area contributed by atoms with Crippen molar-refractivity contribution in [3.05, 3.63) is 51.2 Å². The minimum absolute atomic E-state index is 0.0910. The number of unbranched alkanes of at least 4 members (excludes halogenated alkanes) is 2. The van der Waals surface area contributed by atoms with Crippen LogP contribution < -0.4 is 0 Å². The second kappa shape index (κ2) is 23.6. The van der Waals surface area contributed by atoms with Gasteiger partial charge in [0.05, 0.1) is 0 Å². The predicted octanol–water partition coefficient (Wildman–Crippen LogP) is 0.778. The van der Waals surface area contributed by atoms with E-state index in [1.807, 2.05) is 13.8 Å². The van der Waals surface area contributed by atoms with E-state index in [1.54, 1.807) is 45.0 Å². The van der Waals surface area contributed by atoms with Gasteiger partial charge in [-0.05, 0) is 0 Å². The van der Waals surface area contributed by atoms with Crippen molar-refractivity contribution >= 4 is 60.1 Å². The van der Waals surface area contributed by atoms with Crippen molar-refractivity contribution in [3.63, 3.8) is 0 Å². The van der Waals surface area contributed by atoms with Crippen LogP contribution in [0.2, 0.25) is 0 Å². The third kappa shape index (κ3) is 12.6. The van der Waals surface area contributed by atoms with E-state index < -0.39 is 73.2 Å². The van der Waals surface area contributed by atoms with Gasteiger partial charge in [-0.2, -0.15) is 0 Å². The van der Waals surface area contributed by atoms with Crippen LogP contribution in [-0.4, -0.2) is 153 Å². The number of carbonyl (C=O) groups excluding carboxylic acids is 1. The zero-order valence-corrected chi connectivity index (χ0v) is 28.9. The number of carbonyl (C=O) groups is 2. The molecule has 1 N–H and O–H groups in total. The Morgan fingerprint density at radius 1 is 0.941 bits per heavy atom. The van der Waals surface area contributed by atoms with Crippen LogP contribution in [0.1, 0.15) is 49.9 Å². The van der Waals surface area contributed by atoms with E-state index in [-0.39, 0.29) is 25.4 Å². The van der Waals surface area contributed by atoms with E-state index in [4.69, 9.17) is 45.5 Å². The fourth-order valence-electron chi connectivity index (χ4n) is 5.42. The molecule has 51 heavy (non-hydrogen) atoms. The number of carboxylic acids is 1. The van der Waals surface area contributed by atoms with Crippen molar-refractivity contribution in [2.24, 2.45) is 10.3 Å². The Hall–Kier alpha value is -2.92. The second-order valence-electron chi connectivity index (χ2n) is 11.5. The third-order valence-electron chi connectivity index (χ3n) is 7.96. The zero-order valence-electron chi connectivity index (χ0n) is 28.9. The van der Waals surface area contributed by atoms with Crippen molar-refractivity contribution in [1.82, 2.24) is 0 Å². The zero-order chi connectivity index (χ0) is 37.0. The standard InChI is InChI=1S/C28H39B7N4O12/c1-4-6-13-45-21-18(38-43)23(25(40)41)51-28(24(21)49-26(42)16-11-9-8-10-12-16)50-20-17(15-47-35-34-33-32-31-30-29)48-27(44-3)19(37-39-36)22(20)46-14-7-5-2/h8-12,17-24,27-28H,4-7,13-15H2,1-3H3,(H,40,41)/t17?,18-,19?,20+,21?,22+,23?,24-,27-,28+/m0/s1. The van der Waals surface area contributed by atoms with Crippen LogP contribution in [0.15, 0.2) is 40.6 Å². The van der Waals surface area contributed by atoms with Gasteiger partial charge < -0.3 is 0 Å². The first-order valence-electron chi connectivity index (χ1n) is 16.7. The monoisotopic (exact) mass is 700 g/mol. The van der Waals surface area contributed by atoms with Crippen LogP contribution in [0.3, 0.4) is 0 Å². The summed E-state index contributed by atoms with van der Waals surface area (Å²) in [5.41, 5.74) is 9.66. The molecule has 0 spiro atoms. The number of nitroso groups, excluding NO2 is 1. The maximum absolute atomic E-state index is 13.4. The molecule has 23 heteroatoms. The molecule has 264 valence electrons. The number of benzene rings is 1. The molecule has 0 aliphatic carbocycles. The van der Waals surface area contributed by atoms with Gasteiger partial charge in [-0.15, -0.1) is 0 Å². The summed E-state index contributed by atoms with van der Waals surface area (Å²) in [6.45, 7) is 12.0. The summed E-state index contributed by atoms with van der Waals surface area (Å²) < 4.78 is 48.0. The molecular weight excluding hydrogens is 660 g/mol. The van der Waals surface area contributed by atoms with Crippen LogP contribution in [0.5, 0.6) is 0 Å². The number of ether oxygens (including phenoxy) is 7. The number of methoxy groups -OCH3 is 1. The summed E-state index contributed by atoms with van der Waals surface area (Å²) in [7, 11) is 8.12. The van der Waals surface area contributed by atoms with Crippen molar-refractivity contribution in [1.29, 1.82) is 0 Å². The Labute approximate surface area is 301 Å². The topological polar surface area (TPSA) is 206 Å². The van der Waals surface area contributed by atoms with Gasteiger partial charge in [-0.3, -0.25) is 0 Å². The van der Waals surface area contributed by atoms with Gasteiger partial charge >= 0.3 is 289 Å². The fourth-order valence-corrected chi connectivity index (χ4v) is 5.42. The Kier molecular flexibility index (Phi) is 19.7. The quantitative estimate of drug-likeness (QED) is 0.0360. The molecule has 10 atom stereocenters. The fraction of sp³-hybridized carbons (Fsp3) is 0.714. The first kappa shape index (κ1) is 42.5. The number of esters is 1. The molecule has 3 rings (SSSR count). The molecule has 1 aromatic rings. The van der Waals surface area contributed by atoms with Crippen molar-refractivity contribution in [2.75, 3.05) is 26.9 Å². The maximum atomic E-state index is 13.4. The predicted molar refractivity (Wildman–Crippen MR) is 191 cm³/mol. The van der Waals surface area contributed by atoms with Crippen LogP contribution in [-0.2, 0) is 42.6 Å². The molecular formula is C28H39B7N4O12. The molecule has 2 aliphatic heterocycles. The molecule has 2 heterocycles. The molecule has 16 nitrogen and oxygen atoms in total. The Balaban J connectivity index is 2.10. The van der Waals surface area contributed by atoms with E-state index in [9.17, 15) is 25.1 Å². The number of hydrogen-bond acceptors (Lipinski definition) is 13. The number of azide groups is 1. The first-order valence-corrected chi connectivity index (χ1v) is 16.7. The Morgan fingerprint density at radius 3 is 2.20 bits per heavy atom. The minimum atomic E-state index is -1.85. The molecule has 2 aliphatic rings. The molecule has 0 amide bonds. The van der Waals surface area contributed by atoms with Crippen molar-refractivity contribution in [3.8, 4) is 0 Å². The molecule has 2 radical (unpaired) electrons. The van der Waals surface area contributed by atoms with Crippen LogP contribution in [0.25, 0.3) is 10.4 Å². The summed E-state index contributed by atoms with van der Waals surface area (Å²) in [4.78, 5) is 41.1. The molecule has 4 unspecified atom stereocenters. The van der Waals surface area contributed by atoms with Gasteiger partial charge in [0.2, 0.25) is 0 Å². The van der Waals surface area contributed by atoms with Gasteiger partial charge in [0.15, 0.2) is 0 Å². The van der Waals surface area contributed by atoms with Crippen LogP contribution in [0, 0.1) is 4.91 Å². The molecule has 0 aromatic heterocycles. The summed E-state index contributed by atoms with van der Waals surface area (Å²) in [6.07, 6.45) is -8.12. The number of rotatable bonds is 21. The molecule has 2 fully saturated rings. The number of aliphatic carboxylic acids is 1. The van der Waals surface area contributed by atoms with Gasteiger partial charge in [0, 0.05) is 0 Å². The SMILES string of the molecule is [B]B=BB=BB=BOCC1O[C@H](OC)C(N=[N+]=[N-])[C@@H](OCCCC)[C@@H]1O[C@@H]1OC(C(=O)O)[C@@H](N=O)C(OCCCC)[C@@H]1OC(=O)c1ccccc1. The molecule has 0 bridgehead atoms. The second-order valence-corrected chi connectivity index (χ2v) is 11.5. The Bertz CT molecular complexity index is 1380. The third-order valence-corrected chi connectivity index (χ3v) is 7.96. The average molecular weight is 699 g/mol. The summed E-state index contributed by atoms with van der Waals surface area (Å²) in [5.74, 6) is -2.33. The van der Waals surface area contributed by atoms with E-state index in [0.29, 0.717) is 19.3 Å². The van der Waals surface area contributed by atoms with Gasteiger partial charge in [0.25, 0.3) is 0 Å². The number of carboxylic acid groups (broad SMARTS) is 1. The summed E-state index contributed by atoms with van der Waals surface area (Å²) in [5, 5.41) is 17.1. The van der Waals surface area contributed by atoms with Crippen LogP contribution >= 0.6 is 0 Å². The first-order chi connectivity index (χ1) is 24.8. The van der Waals surface area contributed by atoms with Crippen LogP contribution in [0.4, 0.5) is 0 Å². The average Bonchev–Trinajstić information content (AvgIpc) is 3.14. The van der Waals surface area contributed by atoms with E-state index in [2.05, 4.69) is 15.2 Å². The molecule has 1 aromatic carbocycles.